The van der Waals surface area contributed by atoms with Crippen molar-refractivity contribution in [3.05, 3.63) is 0 Å². The molecule has 0 spiro atoms. The SMILES string of the molecule is CN(C[C@@H]1CCCO1)C(=O)[C@@H]1CC[C@H](C(=O)O)C1. The molecule has 5 nitrogen and oxygen atoms in total. The van der Waals surface area contributed by atoms with Crippen molar-refractivity contribution in [1.82, 2.24) is 4.90 Å². The number of carboxylic acids is 1. The van der Waals surface area contributed by atoms with Crippen molar-refractivity contribution in [2.24, 2.45) is 11.8 Å². The van der Waals surface area contributed by atoms with Crippen LogP contribution in [0.4, 0.5) is 0 Å². The summed E-state index contributed by atoms with van der Waals surface area (Å²) in [6, 6.07) is 0. The second kappa shape index (κ2) is 5.69. The van der Waals surface area contributed by atoms with Crippen LogP contribution < -0.4 is 0 Å². The zero-order valence-electron chi connectivity index (χ0n) is 10.8. The molecule has 1 saturated heterocycles. The van der Waals surface area contributed by atoms with Crippen LogP contribution in [0.3, 0.4) is 0 Å². The molecule has 0 aromatic heterocycles. The molecular weight excluding hydrogens is 234 g/mol. The van der Waals surface area contributed by atoms with Crippen molar-refractivity contribution in [3.63, 3.8) is 0 Å². The van der Waals surface area contributed by atoms with Gasteiger partial charge >= 0.3 is 5.97 Å². The van der Waals surface area contributed by atoms with E-state index in [-0.39, 0.29) is 23.8 Å². The van der Waals surface area contributed by atoms with Gasteiger partial charge in [-0.15, -0.1) is 0 Å². The summed E-state index contributed by atoms with van der Waals surface area (Å²) in [6.07, 6.45) is 4.06. The molecule has 1 heterocycles. The topological polar surface area (TPSA) is 66.8 Å². The number of hydrogen-bond donors (Lipinski definition) is 1. The standard InChI is InChI=1S/C13H21NO4/c1-14(8-11-3-2-6-18-11)12(15)9-4-5-10(7-9)13(16)17/h9-11H,2-8H2,1H3,(H,16,17)/t9-,10+,11+/m1/s1. The Morgan fingerprint density at radius 2 is 2.00 bits per heavy atom. The molecule has 2 fully saturated rings. The van der Waals surface area contributed by atoms with E-state index in [4.69, 9.17) is 9.84 Å². The molecule has 5 heteroatoms. The van der Waals surface area contributed by atoms with Crippen molar-refractivity contribution in [2.75, 3.05) is 20.2 Å². The second-order valence-electron chi connectivity index (χ2n) is 5.40. The van der Waals surface area contributed by atoms with Crippen molar-refractivity contribution < 1.29 is 19.4 Å². The van der Waals surface area contributed by atoms with Gasteiger partial charge in [-0.25, -0.2) is 0 Å². The van der Waals surface area contributed by atoms with Crippen LogP contribution >= 0.6 is 0 Å². The summed E-state index contributed by atoms with van der Waals surface area (Å²) in [6.45, 7) is 1.42. The lowest BCUT2D eigenvalue weighted by Crippen LogP contribution is -2.37. The van der Waals surface area contributed by atoms with E-state index in [9.17, 15) is 9.59 Å². The number of carbonyl (C=O) groups is 2. The third-order valence-corrected chi connectivity index (χ3v) is 4.01. The van der Waals surface area contributed by atoms with Crippen LogP contribution in [-0.4, -0.2) is 48.2 Å². The number of aliphatic carboxylic acids is 1. The minimum Gasteiger partial charge on any atom is -0.481 e. The van der Waals surface area contributed by atoms with Crippen LogP contribution in [0.15, 0.2) is 0 Å². The number of hydrogen-bond acceptors (Lipinski definition) is 3. The average Bonchev–Trinajstić information content (AvgIpc) is 2.98. The zero-order chi connectivity index (χ0) is 13.1. The highest BCUT2D eigenvalue weighted by atomic mass is 16.5. The maximum absolute atomic E-state index is 12.2. The maximum Gasteiger partial charge on any atom is 0.306 e. The Balaban J connectivity index is 1.81. The Kier molecular flexibility index (Phi) is 4.22. The highest BCUT2D eigenvalue weighted by Crippen LogP contribution is 2.32. The summed E-state index contributed by atoms with van der Waals surface area (Å²) in [5, 5.41) is 8.94. The summed E-state index contributed by atoms with van der Waals surface area (Å²) in [7, 11) is 1.79. The minimum absolute atomic E-state index is 0.0780. The van der Waals surface area contributed by atoms with Gasteiger partial charge in [0.15, 0.2) is 0 Å². The molecule has 1 N–H and O–H groups in total. The molecule has 102 valence electrons. The van der Waals surface area contributed by atoms with Crippen LogP contribution in [-0.2, 0) is 14.3 Å². The fourth-order valence-corrected chi connectivity index (χ4v) is 2.93. The molecule has 0 bridgehead atoms. The zero-order valence-corrected chi connectivity index (χ0v) is 10.8. The largest absolute Gasteiger partial charge is 0.481 e. The fourth-order valence-electron chi connectivity index (χ4n) is 2.93. The van der Waals surface area contributed by atoms with Gasteiger partial charge in [-0.1, -0.05) is 0 Å². The molecule has 2 aliphatic rings. The number of ether oxygens (including phenoxy) is 1. The number of carboxylic acid groups (broad SMARTS) is 1. The van der Waals surface area contributed by atoms with Gasteiger partial charge in [-0.2, -0.15) is 0 Å². The van der Waals surface area contributed by atoms with Gasteiger partial charge in [0, 0.05) is 26.1 Å². The molecular formula is C13H21NO4. The molecule has 2 rings (SSSR count). The van der Waals surface area contributed by atoms with E-state index in [1.54, 1.807) is 11.9 Å². The van der Waals surface area contributed by atoms with Crippen LogP contribution in [0.25, 0.3) is 0 Å². The Hall–Kier alpha value is -1.10. The van der Waals surface area contributed by atoms with Gasteiger partial charge in [0.25, 0.3) is 0 Å². The quantitative estimate of drug-likeness (QED) is 0.817. The summed E-state index contributed by atoms with van der Waals surface area (Å²) >= 11 is 0. The average molecular weight is 255 g/mol. The maximum atomic E-state index is 12.2. The van der Waals surface area contributed by atoms with Crippen molar-refractivity contribution in [2.45, 2.75) is 38.2 Å². The fraction of sp³-hybridized carbons (Fsp3) is 0.846. The second-order valence-corrected chi connectivity index (χ2v) is 5.40. The smallest absolute Gasteiger partial charge is 0.306 e. The molecule has 1 aliphatic carbocycles. The molecule has 0 aromatic rings. The van der Waals surface area contributed by atoms with E-state index >= 15 is 0 Å². The number of nitrogens with zero attached hydrogens (tertiary/aromatic N) is 1. The van der Waals surface area contributed by atoms with Crippen molar-refractivity contribution in [1.29, 1.82) is 0 Å². The van der Waals surface area contributed by atoms with E-state index in [1.807, 2.05) is 0 Å². The van der Waals surface area contributed by atoms with Crippen LogP contribution in [0.2, 0.25) is 0 Å². The first kappa shape index (κ1) is 13.3. The molecule has 0 aromatic carbocycles. The predicted molar refractivity (Wildman–Crippen MR) is 65.1 cm³/mol. The van der Waals surface area contributed by atoms with E-state index in [2.05, 4.69) is 0 Å². The van der Waals surface area contributed by atoms with Gasteiger partial charge in [0.05, 0.1) is 12.0 Å². The monoisotopic (exact) mass is 255 g/mol. The van der Waals surface area contributed by atoms with Crippen molar-refractivity contribution in [3.8, 4) is 0 Å². The van der Waals surface area contributed by atoms with Gasteiger partial charge in [-0.05, 0) is 32.1 Å². The first-order valence-electron chi connectivity index (χ1n) is 6.67. The molecule has 1 aliphatic heterocycles. The summed E-state index contributed by atoms with van der Waals surface area (Å²) in [4.78, 5) is 24.8. The van der Waals surface area contributed by atoms with Crippen LogP contribution in [0.1, 0.15) is 32.1 Å². The first-order chi connectivity index (χ1) is 8.58. The molecule has 1 amide bonds. The summed E-state index contributed by atoms with van der Waals surface area (Å²) in [5.74, 6) is -1.14. The van der Waals surface area contributed by atoms with Gasteiger partial charge in [0.2, 0.25) is 5.91 Å². The normalized spacial score (nSPS) is 31.5. The molecule has 0 unspecified atom stereocenters. The Morgan fingerprint density at radius 1 is 1.28 bits per heavy atom. The molecule has 0 radical (unpaired) electrons. The number of carbonyl (C=O) groups excluding carboxylic acids is 1. The van der Waals surface area contributed by atoms with E-state index in [0.29, 0.717) is 25.8 Å². The summed E-state index contributed by atoms with van der Waals surface area (Å²) < 4.78 is 5.51. The molecule has 18 heavy (non-hydrogen) atoms. The summed E-state index contributed by atoms with van der Waals surface area (Å²) in [5.41, 5.74) is 0. The first-order valence-corrected chi connectivity index (χ1v) is 6.67. The lowest BCUT2D eigenvalue weighted by atomic mass is 10.0. The predicted octanol–water partition coefficient (Wildman–Crippen LogP) is 1.12. The molecule has 1 saturated carbocycles. The van der Waals surface area contributed by atoms with E-state index < -0.39 is 5.97 Å². The lowest BCUT2D eigenvalue weighted by Gasteiger charge is -2.23. The highest BCUT2D eigenvalue weighted by molar-refractivity contribution is 5.80. The van der Waals surface area contributed by atoms with E-state index in [0.717, 1.165) is 19.4 Å². The Labute approximate surface area is 107 Å². The third kappa shape index (κ3) is 3.02. The third-order valence-electron chi connectivity index (χ3n) is 4.01. The number of likely N-dealkylation sites (N-methyl/N-ethyl adjacent to an activating group) is 1. The minimum atomic E-state index is -0.771. The highest BCUT2D eigenvalue weighted by Gasteiger charge is 2.35. The molecule has 3 atom stereocenters. The number of rotatable bonds is 4. The van der Waals surface area contributed by atoms with Gasteiger partial charge in [-0.3, -0.25) is 9.59 Å². The Bertz CT molecular complexity index is 325. The number of amides is 1. The van der Waals surface area contributed by atoms with Gasteiger partial charge in [0.1, 0.15) is 0 Å². The van der Waals surface area contributed by atoms with Gasteiger partial charge < -0.3 is 14.7 Å². The van der Waals surface area contributed by atoms with Crippen LogP contribution in [0, 0.1) is 11.8 Å². The Morgan fingerprint density at radius 3 is 2.56 bits per heavy atom. The lowest BCUT2D eigenvalue weighted by molar-refractivity contribution is -0.141. The van der Waals surface area contributed by atoms with E-state index in [1.165, 1.54) is 0 Å². The van der Waals surface area contributed by atoms with Crippen LogP contribution in [0.5, 0.6) is 0 Å². The van der Waals surface area contributed by atoms with Crippen molar-refractivity contribution >= 4 is 11.9 Å².